The topological polar surface area (TPSA) is 58.6 Å². The van der Waals surface area contributed by atoms with E-state index in [2.05, 4.69) is 4.72 Å². The van der Waals surface area contributed by atoms with E-state index < -0.39 is 10.2 Å². The van der Waals surface area contributed by atoms with Crippen molar-refractivity contribution in [3.63, 3.8) is 0 Å². The molecule has 0 aliphatic carbocycles. The molecule has 1 atom stereocenters. The lowest BCUT2D eigenvalue weighted by atomic mass is 10.1. The van der Waals surface area contributed by atoms with E-state index in [-0.39, 0.29) is 6.10 Å². The first-order valence-electron chi connectivity index (χ1n) is 7.64. The lowest BCUT2D eigenvalue weighted by Gasteiger charge is -2.21. The van der Waals surface area contributed by atoms with Crippen molar-refractivity contribution in [2.45, 2.75) is 38.2 Å². The molecule has 0 amide bonds. The van der Waals surface area contributed by atoms with Gasteiger partial charge in [0.15, 0.2) is 0 Å². The number of fused-ring (bicyclic) bond motifs is 1. The van der Waals surface area contributed by atoms with Crippen molar-refractivity contribution >= 4 is 10.2 Å². The van der Waals surface area contributed by atoms with Crippen LogP contribution in [0.2, 0.25) is 0 Å². The number of rotatable bonds is 4. The summed E-state index contributed by atoms with van der Waals surface area (Å²) in [6.07, 6.45) is 4.79. The Bertz CT molecular complexity index is 555. The largest absolute Gasteiger partial charge is 0.488 e. The Morgan fingerprint density at radius 1 is 1.14 bits per heavy atom. The normalized spacial score (nSPS) is 23.3. The zero-order valence-corrected chi connectivity index (χ0v) is 12.9. The standard InChI is InChI=1S/C15H22N2O3S/c18-21(19,17-9-5-1-2-6-10-17)16-12-14-11-13-7-3-4-8-15(13)20-14/h3-4,7-8,14,16H,1-2,5-6,9-12H2/t14-/m1/s1. The Balaban J connectivity index is 1.55. The van der Waals surface area contributed by atoms with Gasteiger partial charge in [-0.1, -0.05) is 31.0 Å². The van der Waals surface area contributed by atoms with Crippen LogP contribution in [0.15, 0.2) is 24.3 Å². The first-order valence-corrected chi connectivity index (χ1v) is 9.08. The molecule has 3 rings (SSSR count). The Hall–Kier alpha value is -1.11. The fourth-order valence-corrected chi connectivity index (χ4v) is 4.26. The highest BCUT2D eigenvalue weighted by Crippen LogP contribution is 2.27. The first kappa shape index (κ1) is 14.8. The first-order chi connectivity index (χ1) is 10.1. The molecule has 0 bridgehead atoms. The summed E-state index contributed by atoms with van der Waals surface area (Å²) in [6, 6.07) is 7.87. The van der Waals surface area contributed by atoms with Crippen molar-refractivity contribution in [3.8, 4) is 5.75 Å². The second-order valence-corrected chi connectivity index (χ2v) is 7.47. The maximum absolute atomic E-state index is 12.3. The molecule has 0 unspecified atom stereocenters. The third-order valence-electron chi connectivity index (χ3n) is 4.11. The molecule has 0 aromatic heterocycles. The minimum Gasteiger partial charge on any atom is -0.488 e. The molecule has 1 aromatic rings. The summed E-state index contributed by atoms with van der Waals surface area (Å²) in [5.41, 5.74) is 1.15. The fourth-order valence-electron chi connectivity index (χ4n) is 2.94. The van der Waals surface area contributed by atoms with Crippen LogP contribution in [0, 0.1) is 0 Å². The van der Waals surface area contributed by atoms with Crippen LogP contribution >= 0.6 is 0 Å². The van der Waals surface area contributed by atoms with Crippen LogP contribution in [0.1, 0.15) is 31.2 Å². The molecule has 1 fully saturated rings. The van der Waals surface area contributed by atoms with Crippen LogP contribution in [0.25, 0.3) is 0 Å². The average Bonchev–Trinajstić information content (AvgIpc) is 2.69. The van der Waals surface area contributed by atoms with Crippen molar-refractivity contribution in [1.29, 1.82) is 0 Å². The fraction of sp³-hybridized carbons (Fsp3) is 0.600. The summed E-state index contributed by atoms with van der Waals surface area (Å²) >= 11 is 0. The van der Waals surface area contributed by atoms with Gasteiger partial charge in [-0.15, -0.1) is 0 Å². The van der Waals surface area contributed by atoms with Gasteiger partial charge in [0.1, 0.15) is 11.9 Å². The van der Waals surface area contributed by atoms with Gasteiger partial charge < -0.3 is 4.74 Å². The molecule has 2 heterocycles. The quantitative estimate of drug-likeness (QED) is 0.921. The molecule has 5 nitrogen and oxygen atoms in total. The molecule has 6 heteroatoms. The number of nitrogens with zero attached hydrogens (tertiary/aromatic N) is 1. The van der Waals surface area contributed by atoms with Gasteiger partial charge in [0.05, 0.1) is 0 Å². The zero-order valence-electron chi connectivity index (χ0n) is 12.1. The molecular formula is C15H22N2O3S. The van der Waals surface area contributed by atoms with Crippen molar-refractivity contribution in [3.05, 3.63) is 29.8 Å². The van der Waals surface area contributed by atoms with Gasteiger partial charge in [-0.25, -0.2) is 0 Å². The molecular weight excluding hydrogens is 288 g/mol. The maximum atomic E-state index is 12.3. The number of hydrogen-bond acceptors (Lipinski definition) is 3. The highest BCUT2D eigenvalue weighted by molar-refractivity contribution is 7.87. The van der Waals surface area contributed by atoms with Gasteiger partial charge in [-0.05, 0) is 24.5 Å². The van der Waals surface area contributed by atoms with Gasteiger partial charge in [0.2, 0.25) is 0 Å². The number of para-hydroxylation sites is 1. The molecule has 116 valence electrons. The molecule has 0 radical (unpaired) electrons. The Labute approximate surface area is 126 Å². The predicted molar refractivity (Wildman–Crippen MR) is 81.5 cm³/mol. The van der Waals surface area contributed by atoms with Gasteiger partial charge >= 0.3 is 0 Å². The van der Waals surface area contributed by atoms with E-state index in [1.807, 2.05) is 24.3 Å². The van der Waals surface area contributed by atoms with Crippen LogP contribution in [0.5, 0.6) is 5.75 Å². The highest BCUT2D eigenvalue weighted by Gasteiger charge is 2.27. The van der Waals surface area contributed by atoms with Crippen molar-refractivity contribution < 1.29 is 13.2 Å². The Morgan fingerprint density at radius 3 is 2.57 bits per heavy atom. The molecule has 1 saturated heterocycles. The summed E-state index contributed by atoms with van der Waals surface area (Å²) in [6.45, 7) is 1.58. The van der Waals surface area contributed by atoms with Gasteiger partial charge in [-0.3, -0.25) is 0 Å². The van der Waals surface area contributed by atoms with E-state index >= 15 is 0 Å². The number of nitrogens with one attached hydrogen (secondary N) is 1. The van der Waals surface area contributed by atoms with Gasteiger partial charge in [-0.2, -0.15) is 17.4 Å². The van der Waals surface area contributed by atoms with E-state index in [0.717, 1.165) is 43.4 Å². The molecule has 1 aromatic carbocycles. The van der Waals surface area contributed by atoms with Crippen LogP contribution in [0.3, 0.4) is 0 Å². The lowest BCUT2D eigenvalue weighted by Crippen LogP contribution is -2.44. The number of hydrogen-bond donors (Lipinski definition) is 1. The smallest absolute Gasteiger partial charge is 0.279 e. The third kappa shape index (κ3) is 3.56. The molecule has 0 saturated carbocycles. The lowest BCUT2D eigenvalue weighted by molar-refractivity contribution is 0.234. The second kappa shape index (κ2) is 6.34. The SMILES string of the molecule is O=S(=O)(NC[C@H]1Cc2ccccc2O1)N1CCCCCC1. The van der Waals surface area contributed by atoms with E-state index in [0.29, 0.717) is 19.6 Å². The number of benzene rings is 1. The van der Waals surface area contributed by atoms with Gasteiger partial charge in [0.25, 0.3) is 10.2 Å². The summed E-state index contributed by atoms with van der Waals surface area (Å²) in [7, 11) is -3.38. The average molecular weight is 310 g/mol. The Morgan fingerprint density at radius 2 is 1.86 bits per heavy atom. The van der Waals surface area contributed by atoms with Crippen molar-refractivity contribution in [2.24, 2.45) is 0 Å². The molecule has 0 spiro atoms. The van der Waals surface area contributed by atoms with E-state index in [4.69, 9.17) is 4.74 Å². The molecule has 1 N–H and O–H groups in total. The van der Waals surface area contributed by atoms with Crippen LogP contribution in [0.4, 0.5) is 0 Å². The predicted octanol–water partition coefficient (Wildman–Crippen LogP) is 1.70. The van der Waals surface area contributed by atoms with Crippen molar-refractivity contribution in [1.82, 2.24) is 9.03 Å². The third-order valence-corrected chi connectivity index (χ3v) is 5.69. The van der Waals surface area contributed by atoms with Crippen LogP contribution in [-0.4, -0.2) is 38.5 Å². The summed E-state index contributed by atoms with van der Waals surface area (Å²) < 4.78 is 34.7. The summed E-state index contributed by atoms with van der Waals surface area (Å²) in [4.78, 5) is 0. The van der Waals surface area contributed by atoms with Crippen molar-refractivity contribution in [2.75, 3.05) is 19.6 Å². The van der Waals surface area contributed by atoms with E-state index in [9.17, 15) is 8.42 Å². The maximum Gasteiger partial charge on any atom is 0.279 e. The highest BCUT2D eigenvalue weighted by atomic mass is 32.2. The van der Waals surface area contributed by atoms with Gasteiger partial charge in [0, 0.05) is 26.1 Å². The van der Waals surface area contributed by atoms with E-state index in [1.54, 1.807) is 4.31 Å². The summed E-state index contributed by atoms with van der Waals surface area (Å²) in [5.74, 6) is 0.872. The summed E-state index contributed by atoms with van der Waals surface area (Å²) in [5, 5.41) is 0. The minimum absolute atomic E-state index is 0.107. The van der Waals surface area contributed by atoms with E-state index in [1.165, 1.54) is 0 Å². The minimum atomic E-state index is -3.38. The molecule has 2 aliphatic rings. The second-order valence-electron chi connectivity index (χ2n) is 5.72. The Kier molecular flexibility index (Phi) is 4.47. The van der Waals surface area contributed by atoms with Crippen LogP contribution < -0.4 is 9.46 Å². The molecule has 21 heavy (non-hydrogen) atoms. The van der Waals surface area contributed by atoms with Crippen LogP contribution in [-0.2, 0) is 16.6 Å². The number of ether oxygens (including phenoxy) is 1. The zero-order chi connectivity index (χ0) is 14.7. The monoisotopic (exact) mass is 310 g/mol. The molecule has 2 aliphatic heterocycles.